The average Bonchev–Trinajstić information content (AvgIpc) is 3.49. The molecule has 0 amide bonds. The number of hydrogen-bond donors (Lipinski definition) is 0. The van der Waals surface area contributed by atoms with E-state index in [4.69, 9.17) is 11.6 Å². The minimum Gasteiger partial charge on any atom is -0.350 e. The molecule has 0 bridgehead atoms. The molecule has 3 aromatic rings. The Bertz CT molecular complexity index is 1090. The SMILES string of the molecule is Cc1cc2ncc(Cl)c(=O)n2nc1N1CCc2ncc(C3CC3)cc2C1. The summed E-state index contributed by atoms with van der Waals surface area (Å²) in [6, 6.07) is 4.18. The van der Waals surface area contributed by atoms with Crippen LogP contribution in [0.2, 0.25) is 5.02 Å². The molecule has 26 heavy (non-hydrogen) atoms. The van der Waals surface area contributed by atoms with Gasteiger partial charge in [-0.25, -0.2) is 4.98 Å². The normalized spacial score (nSPS) is 16.8. The predicted octanol–water partition coefficient (Wildman–Crippen LogP) is 2.89. The van der Waals surface area contributed by atoms with Gasteiger partial charge in [0.2, 0.25) is 0 Å². The van der Waals surface area contributed by atoms with Crippen molar-refractivity contribution in [1.82, 2.24) is 19.6 Å². The van der Waals surface area contributed by atoms with Crippen molar-refractivity contribution in [3.05, 3.63) is 62.3 Å². The van der Waals surface area contributed by atoms with Gasteiger partial charge in [0.25, 0.3) is 5.56 Å². The molecule has 1 aliphatic carbocycles. The van der Waals surface area contributed by atoms with Crippen molar-refractivity contribution < 1.29 is 0 Å². The van der Waals surface area contributed by atoms with Crippen LogP contribution in [0.15, 0.2) is 29.3 Å². The molecule has 0 radical (unpaired) electrons. The molecule has 5 rings (SSSR count). The zero-order chi connectivity index (χ0) is 17.8. The lowest BCUT2D eigenvalue weighted by atomic mass is 10.0. The largest absolute Gasteiger partial charge is 0.350 e. The van der Waals surface area contributed by atoms with Gasteiger partial charge in [-0.3, -0.25) is 9.78 Å². The van der Waals surface area contributed by atoms with E-state index in [0.29, 0.717) is 11.6 Å². The van der Waals surface area contributed by atoms with E-state index < -0.39 is 0 Å². The van der Waals surface area contributed by atoms with Gasteiger partial charge in [0, 0.05) is 31.4 Å². The van der Waals surface area contributed by atoms with Crippen molar-refractivity contribution in [2.75, 3.05) is 11.4 Å². The first-order chi connectivity index (χ1) is 12.6. The second-order valence-corrected chi connectivity index (χ2v) is 7.56. The number of pyridine rings is 1. The van der Waals surface area contributed by atoms with E-state index in [-0.39, 0.29) is 10.6 Å². The zero-order valence-corrected chi connectivity index (χ0v) is 15.2. The summed E-state index contributed by atoms with van der Waals surface area (Å²) in [6.45, 7) is 3.58. The average molecular weight is 368 g/mol. The van der Waals surface area contributed by atoms with E-state index in [2.05, 4.69) is 26.0 Å². The molecule has 0 atom stereocenters. The maximum absolute atomic E-state index is 12.3. The summed E-state index contributed by atoms with van der Waals surface area (Å²) in [5, 5.41) is 4.64. The summed E-state index contributed by atoms with van der Waals surface area (Å²) in [4.78, 5) is 23.4. The van der Waals surface area contributed by atoms with Crippen LogP contribution in [0.1, 0.15) is 41.1 Å². The molecule has 4 heterocycles. The molecule has 1 aliphatic heterocycles. The highest BCUT2D eigenvalue weighted by molar-refractivity contribution is 6.30. The molecule has 0 aromatic carbocycles. The van der Waals surface area contributed by atoms with Gasteiger partial charge < -0.3 is 4.90 Å². The first-order valence-corrected chi connectivity index (χ1v) is 9.26. The van der Waals surface area contributed by atoms with E-state index in [9.17, 15) is 4.79 Å². The van der Waals surface area contributed by atoms with Crippen LogP contribution in [0.25, 0.3) is 5.65 Å². The Morgan fingerprint density at radius 1 is 1.19 bits per heavy atom. The van der Waals surface area contributed by atoms with Crippen molar-refractivity contribution in [3.8, 4) is 0 Å². The summed E-state index contributed by atoms with van der Waals surface area (Å²) < 4.78 is 1.29. The number of fused-ring (bicyclic) bond motifs is 2. The van der Waals surface area contributed by atoms with Crippen LogP contribution in [-0.4, -0.2) is 26.1 Å². The van der Waals surface area contributed by atoms with Gasteiger partial charge in [0.1, 0.15) is 5.02 Å². The highest BCUT2D eigenvalue weighted by Gasteiger charge is 2.27. The predicted molar refractivity (Wildman–Crippen MR) is 100.0 cm³/mol. The molecule has 0 unspecified atom stereocenters. The molecular weight excluding hydrogens is 350 g/mol. The van der Waals surface area contributed by atoms with Crippen molar-refractivity contribution in [2.24, 2.45) is 0 Å². The number of nitrogens with zero attached hydrogens (tertiary/aromatic N) is 5. The number of hydrogen-bond acceptors (Lipinski definition) is 5. The molecule has 3 aromatic heterocycles. The third-order valence-corrected chi connectivity index (χ3v) is 5.49. The Hall–Kier alpha value is -2.47. The molecule has 0 spiro atoms. The number of halogens is 1. The van der Waals surface area contributed by atoms with E-state index in [0.717, 1.165) is 30.9 Å². The minimum absolute atomic E-state index is 0.0760. The Morgan fingerprint density at radius 2 is 2.04 bits per heavy atom. The number of rotatable bonds is 2. The summed E-state index contributed by atoms with van der Waals surface area (Å²) in [5.74, 6) is 1.49. The van der Waals surface area contributed by atoms with Crippen LogP contribution in [0.3, 0.4) is 0 Å². The maximum atomic E-state index is 12.3. The lowest BCUT2D eigenvalue weighted by Gasteiger charge is -2.30. The molecular formula is C19H18ClN5O. The second-order valence-electron chi connectivity index (χ2n) is 7.15. The zero-order valence-electron chi connectivity index (χ0n) is 14.4. The molecule has 1 fully saturated rings. The van der Waals surface area contributed by atoms with Gasteiger partial charge in [-0.05, 0) is 48.4 Å². The second kappa shape index (κ2) is 5.77. The van der Waals surface area contributed by atoms with Crippen LogP contribution >= 0.6 is 11.6 Å². The van der Waals surface area contributed by atoms with Gasteiger partial charge >= 0.3 is 0 Å². The summed E-state index contributed by atoms with van der Waals surface area (Å²) in [5.41, 5.74) is 4.95. The third kappa shape index (κ3) is 2.56. The number of aromatic nitrogens is 4. The topological polar surface area (TPSA) is 63.4 Å². The van der Waals surface area contributed by atoms with Gasteiger partial charge in [-0.2, -0.15) is 4.52 Å². The molecule has 0 saturated heterocycles. The highest BCUT2D eigenvalue weighted by Crippen LogP contribution is 2.40. The standard InChI is InChI=1S/C19H18ClN5O/c1-11-6-17-22-9-15(20)19(26)25(17)23-18(11)24-5-4-16-14(10-24)7-13(8-21-16)12-2-3-12/h6-9,12H,2-5,10H2,1H3. The van der Waals surface area contributed by atoms with Crippen LogP contribution in [0.4, 0.5) is 5.82 Å². The van der Waals surface area contributed by atoms with Crippen molar-refractivity contribution in [2.45, 2.75) is 38.6 Å². The van der Waals surface area contributed by atoms with E-state index in [1.54, 1.807) is 0 Å². The van der Waals surface area contributed by atoms with Crippen molar-refractivity contribution in [3.63, 3.8) is 0 Å². The van der Waals surface area contributed by atoms with Gasteiger partial charge in [-0.1, -0.05) is 17.7 Å². The fourth-order valence-corrected chi connectivity index (χ4v) is 3.77. The number of anilines is 1. The van der Waals surface area contributed by atoms with E-state index >= 15 is 0 Å². The first-order valence-electron chi connectivity index (χ1n) is 8.88. The quantitative estimate of drug-likeness (QED) is 0.697. The smallest absolute Gasteiger partial charge is 0.293 e. The molecule has 6 nitrogen and oxygen atoms in total. The van der Waals surface area contributed by atoms with Crippen LogP contribution in [-0.2, 0) is 13.0 Å². The fraction of sp³-hybridized carbons (Fsp3) is 0.368. The van der Waals surface area contributed by atoms with Gasteiger partial charge in [0.15, 0.2) is 11.5 Å². The van der Waals surface area contributed by atoms with Crippen LogP contribution in [0, 0.1) is 6.92 Å². The van der Waals surface area contributed by atoms with E-state index in [1.807, 2.05) is 19.2 Å². The fourth-order valence-electron chi connectivity index (χ4n) is 3.64. The molecule has 1 saturated carbocycles. The molecule has 0 N–H and O–H groups in total. The monoisotopic (exact) mass is 367 g/mol. The van der Waals surface area contributed by atoms with Gasteiger partial charge in [0.05, 0.1) is 6.20 Å². The molecule has 2 aliphatic rings. The van der Waals surface area contributed by atoms with Crippen LogP contribution in [0.5, 0.6) is 0 Å². The van der Waals surface area contributed by atoms with Crippen molar-refractivity contribution >= 4 is 23.1 Å². The Kier molecular flexibility index (Phi) is 3.50. The molecule has 7 heteroatoms. The first kappa shape index (κ1) is 15.8. The summed E-state index contributed by atoms with van der Waals surface area (Å²) >= 11 is 5.93. The highest BCUT2D eigenvalue weighted by atomic mass is 35.5. The third-order valence-electron chi connectivity index (χ3n) is 5.23. The Morgan fingerprint density at radius 3 is 2.85 bits per heavy atom. The van der Waals surface area contributed by atoms with Gasteiger partial charge in [-0.15, -0.1) is 5.10 Å². The summed E-state index contributed by atoms with van der Waals surface area (Å²) in [7, 11) is 0. The Labute approximate surface area is 155 Å². The molecule has 132 valence electrons. The number of aryl methyl sites for hydroxylation is 1. The van der Waals surface area contributed by atoms with Crippen molar-refractivity contribution in [1.29, 1.82) is 0 Å². The minimum atomic E-state index is -0.340. The maximum Gasteiger partial charge on any atom is 0.293 e. The lowest BCUT2D eigenvalue weighted by Crippen LogP contribution is -2.33. The summed E-state index contributed by atoms with van der Waals surface area (Å²) in [6.07, 6.45) is 6.83. The van der Waals surface area contributed by atoms with Crippen LogP contribution < -0.4 is 10.5 Å². The Balaban J connectivity index is 1.56. The lowest BCUT2D eigenvalue weighted by molar-refractivity contribution is 0.683. The van der Waals surface area contributed by atoms with E-state index in [1.165, 1.54) is 40.4 Å².